The number of hydrogen-bond acceptors (Lipinski definition) is 7. The molecule has 1 aliphatic heterocycles. The SMILES string of the molecule is C=P(C)(C)CC[C@H]1O[C@@H](n2cc(OC)c(N)nc2=O)[C@H](OC)[C@@H]1O. The second-order valence-electron chi connectivity index (χ2n) is 6.59. The molecule has 0 unspecified atom stereocenters. The quantitative estimate of drug-likeness (QED) is 0.699. The number of ether oxygens (including phenoxy) is 3. The standard InChI is InChI=1S/C15H26N3O5P/c1-21-10-8-18(15(20)17-13(10)16)14-12(22-2)11(19)9(23-14)6-7-24(3,4)5/h8-9,11-12,14,19H,3,6-7H2,1-2,4-5H3,(H2,16,17,20)/t9-,11-,12-,14-/m1/s1. The topological polar surface area (TPSA) is 109 Å². The average molecular weight is 359 g/mol. The van der Waals surface area contributed by atoms with Gasteiger partial charge in [0.25, 0.3) is 0 Å². The molecular formula is C15H26N3O5P. The summed E-state index contributed by atoms with van der Waals surface area (Å²) < 4.78 is 17.6. The lowest BCUT2D eigenvalue weighted by molar-refractivity contribution is -0.0543. The number of aromatic nitrogens is 2. The Hall–Kier alpha value is -1.34. The van der Waals surface area contributed by atoms with E-state index < -0.39 is 37.1 Å². The zero-order valence-corrected chi connectivity index (χ0v) is 15.4. The molecule has 0 bridgehead atoms. The van der Waals surface area contributed by atoms with Crippen molar-refractivity contribution < 1.29 is 19.3 Å². The molecule has 3 N–H and O–H groups in total. The zero-order chi connectivity index (χ0) is 18.1. The van der Waals surface area contributed by atoms with E-state index >= 15 is 0 Å². The van der Waals surface area contributed by atoms with Crippen molar-refractivity contribution in [1.29, 1.82) is 0 Å². The molecule has 1 aromatic heterocycles. The molecule has 24 heavy (non-hydrogen) atoms. The van der Waals surface area contributed by atoms with E-state index in [1.807, 2.05) is 0 Å². The van der Waals surface area contributed by atoms with Gasteiger partial charge in [0, 0.05) is 7.11 Å². The van der Waals surface area contributed by atoms with Gasteiger partial charge in [-0.15, -0.1) is 13.2 Å². The highest BCUT2D eigenvalue weighted by atomic mass is 31.2. The molecule has 136 valence electrons. The summed E-state index contributed by atoms with van der Waals surface area (Å²) in [5, 5.41) is 10.5. The summed E-state index contributed by atoms with van der Waals surface area (Å²) >= 11 is 0. The molecule has 2 heterocycles. The number of anilines is 1. The molecule has 1 aliphatic rings. The summed E-state index contributed by atoms with van der Waals surface area (Å²) in [6.07, 6.45) is 4.35. The Kier molecular flexibility index (Phi) is 5.75. The van der Waals surface area contributed by atoms with Gasteiger partial charge in [0.1, 0.15) is 12.2 Å². The van der Waals surface area contributed by atoms with Crippen molar-refractivity contribution in [2.75, 3.05) is 39.4 Å². The van der Waals surface area contributed by atoms with Gasteiger partial charge >= 0.3 is 5.69 Å². The fraction of sp³-hybridized carbons (Fsp3) is 0.667. The third-order valence-electron chi connectivity index (χ3n) is 4.04. The zero-order valence-electron chi connectivity index (χ0n) is 14.5. The summed E-state index contributed by atoms with van der Waals surface area (Å²) in [7, 11) is 2.90. The van der Waals surface area contributed by atoms with Crippen LogP contribution < -0.4 is 16.2 Å². The Morgan fingerprint density at radius 1 is 1.50 bits per heavy atom. The second kappa shape index (κ2) is 7.27. The summed E-state index contributed by atoms with van der Waals surface area (Å²) in [5.41, 5.74) is 5.06. The molecule has 9 heteroatoms. The molecule has 1 saturated heterocycles. The van der Waals surface area contributed by atoms with Gasteiger partial charge in [0.05, 0.1) is 19.4 Å². The normalized spacial score (nSPS) is 27.4. The number of aliphatic hydroxyl groups excluding tert-OH is 1. The molecule has 8 nitrogen and oxygen atoms in total. The van der Waals surface area contributed by atoms with Crippen LogP contribution in [0.25, 0.3) is 0 Å². The first-order valence-corrected chi connectivity index (χ1v) is 10.7. The number of aliphatic hydroxyl groups is 1. The number of rotatable bonds is 6. The van der Waals surface area contributed by atoms with Crippen LogP contribution >= 0.6 is 6.89 Å². The molecule has 0 amide bonds. The van der Waals surface area contributed by atoms with Crippen LogP contribution in [0.15, 0.2) is 11.0 Å². The van der Waals surface area contributed by atoms with E-state index in [9.17, 15) is 9.90 Å². The lowest BCUT2D eigenvalue weighted by atomic mass is 10.1. The third kappa shape index (κ3) is 4.00. The smallest absolute Gasteiger partial charge is 0.351 e. The minimum atomic E-state index is -1.24. The fourth-order valence-corrected chi connectivity index (χ4v) is 3.67. The Bertz CT molecular complexity index is 686. The number of nitrogens with two attached hydrogens (primary N) is 1. The van der Waals surface area contributed by atoms with Crippen LogP contribution in [0, 0.1) is 0 Å². The van der Waals surface area contributed by atoms with Gasteiger partial charge in [0.2, 0.25) is 0 Å². The molecule has 0 saturated carbocycles. The van der Waals surface area contributed by atoms with Crippen molar-refractivity contribution in [1.82, 2.24) is 9.55 Å². The van der Waals surface area contributed by atoms with Crippen LogP contribution in [-0.4, -0.2) is 73.0 Å². The van der Waals surface area contributed by atoms with Gasteiger partial charge < -0.3 is 25.1 Å². The van der Waals surface area contributed by atoms with Gasteiger partial charge in [-0.1, -0.05) is 0 Å². The van der Waals surface area contributed by atoms with Gasteiger partial charge in [-0.05, 0) is 25.9 Å². The predicted molar refractivity (Wildman–Crippen MR) is 95.5 cm³/mol. The Morgan fingerprint density at radius 2 is 2.17 bits per heavy atom. The Morgan fingerprint density at radius 3 is 2.71 bits per heavy atom. The van der Waals surface area contributed by atoms with Gasteiger partial charge in [0.15, 0.2) is 17.8 Å². The average Bonchev–Trinajstić information content (AvgIpc) is 2.80. The molecule has 0 radical (unpaired) electrons. The third-order valence-corrected chi connectivity index (χ3v) is 5.51. The van der Waals surface area contributed by atoms with Crippen LogP contribution in [0.4, 0.5) is 5.82 Å². The fourth-order valence-electron chi connectivity index (χ4n) is 2.72. The van der Waals surface area contributed by atoms with Crippen LogP contribution in [0.1, 0.15) is 12.6 Å². The summed E-state index contributed by atoms with van der Waals surface area (Å²) in [6.45, 7) is 3.01. The summed E-state index contributed by atoms with van der Waals surface area (Å²) in [6, 6.07) is 0. The van der Waals surface area contributed by atoms with E-state index in [-0.39, 0.29) is 11.6 Å². The lowest BCUT2D eigenvalue weighted by Gasteiger charge is -2.20. The van der Waals surface area contributed by atoms with Crippen molar-refractivity contribution in [2.24, 2.45) is 0 Å². The van der Waals surface area contributed by atoms with Crippen molar-refractivity contribution in [3.8, 4) is 5.75 Å². The first kappa shape index (κ1) is 19.0. The molecular weight excluding hydrogens is 333 g/mol. The van der Waals surface area contributed by atoms with Gasteiger partial charge in [-0.25, -0.2) is 4.79 Å². The summed E-state index contributed by atoms with van der Waals surface area (Å²) in [4.78, 5) is 15.9. The molecule has 2 rings (SSSR count). The van der Waals surface area contributed by atoms with Crippen LogP contribution in [0.2, 0.25) is 0 Å². The molecule has 4 atom stereocenters. The molecule has 0 spiro atoms. The van der Waals surface area contributed by atoms with Crippen LogP contribution in [0.3, 0.4) is 0 Å². The van der Waals surface area contributed by atoms with Crippen molar-refractivity contribution >= 4 is 19.0 Å². The molecule has 1 fully saturated rings. The van der Waals surface area contributed by atoms with E-state index in [1.54, 1.807) is 0 Å². The van der Waals surface area contributed by atoms with E-state index in [0.29, 0.717) is 6.42 Å². The van der Waals surface area contributed by atoms with Crippen LogP contribution in [-0.2, 0) is 9.47 Å². The maximum absolute atomic E-state index is 12.2. The lowest BCUT2D eigenvalue weighted by Crippen LogP contribution is -2.37. The van der Waals surface area contributed by atoms with Crippen molar-refractivity contribution in [3.05, 3.63) is 16.7 Å². The predicted octanol–water partition coefficient (Wildman–Crippen LogP) is 0.207. The maximum Gasteiger partial charge on any atom is 0.351 e. The minimum absolute atomic E-state index is 0.00594. The van der Waals surface area contributed by atoms with E-state index in [1.165, 1.54) is 25.0 Å². The van der Waals surface area contributed by atoms with Crippen molar-refractivity contribution in [2.45, 2.75) is 31.0 Å². The maximum atomic E-state index is 12.2. The molecule has 1 aromatic rings. The largest absolute Gasteiger partial charge is 0.491 e. The monoisotopic (exact) mass is 359 g/mol. The first-order valence-electron chi connectivity index (χ1n) is 7.64. The second-order valence-corrected chi connectivity index (χ2v) is 10.9. The number of nitrogen functional groups attached to an aromatic ring is 1. The number of methoxy groups -OCH3 is 2. The first-order chi connectivity index (χ1) is 11.2. The van der Waals surface area contributed by atoms with Crippen molar-refractivity contribution in [3.63, 3.8) is 0 Å². The van der Waals surface area contributed by atoms with Crippen LogP contribution in [0.5, 0.6) is 5.75 Å². The highest BCUT2D eigenvalue weighted by molar-refractivity contribution is 7.72. The Balaban J connectivity index is 2.30. The van der Waals surface area contributed by atoms with E-state index in [4.69, 9.17) is 19.9 Å². The number of nitrogens with zero attached hydrogens (tertiary/aromatic N) is 2. The molecule has 0 aliphatic carbocycles. The Labute approximate surface area is 141 Å². The van der Waals surface area contributed by atoms with Gasteiger partial charge in [-0.2, -0.15) is 4.98 Å². The molecule has 0 aromatic carbocycles. The van der Waals surface area contributed by atoms with E-state index in [2.05, 4.69) is 24.6 Å². The highest BCUT2D eigenvalue weighted by Crippen LogP contribution is 2.40. The highest BCUT2D eigenvalue weighted by Gasteiger charge is 2.45. The number of hydrogen-bond donors (Lipinski definition) is 2. The minimum Gasteiger partial charge on any atom is -0.491 e. The van der Waals surface area contributed by atoms with E-state index in [0.717, 1.165) is 6.16 Å². The van der Waals surface area contributed by atoms with Gasteiger partial charge in [-0.3, -0.25) is 4.57 Å². The summed E-state index contributed by atoms with van der Waals surface area (Å²) in [5.74, 6) is 0.266.